The topological polar surface area (TPSA) is 131 Å². The molecule has 2 aromatic rings. The number of ether oxygens (including phenoxy) is 1. The van der Waals surface area contributed by atoms with Gasteiger partial charge in [0.25, 0.3) is 5.69 Å². The molecule has 0 atom stereocenters. The number of Topliss-reactive ketones (excluding diaryl/α,β-unsaturated/α-hetero) is 1. The molecule has 0 saturated carbocycles. The molecule has 0 amide bonds. The van der Waals surface area contributed by atoms with Crippen molar-refractivity contribution < 1.29 is 24.4 Å². The molecular weight excluding hydrogens is 340 g/mol. The third kappa shape index (κ3) is 4.75. The first kappa shape index (κ1) is 18.4. The monoisotopic (exact) mass is 352 g/mol. The number of hydrogen-bond acceptors (Lipinski definition) is 6. The van der Waals surface area contributed by atoms with Gasteiger partial charge in [-0.3, -0.25) is 14.9 Å². The number of nitrogens with zero attached hydrogens (tertiary/aromatic N) is 2. The number of carboxylic acids is 1. The number of nitro benzene ring substituents is 1. The second-order valence-corrected chi connectivity index (χ2v) is 5.06. The minimum Gasteiger partial charge on any atom is -0.482 e. The van der Waals surface area contributed by atoms with Gasteiger partial charge < -0.3 is 9.84 Å². The molecule has 8 nitrogen and oxygen atoms in total. The first-order valence-electron chi connectivity index (χ1n) is 7.26. The van der Waals surface area contributed by atoms with E-state index in [1.165, 1.54) is 36.4 Å². The van der Waals surface area contributed by atoms with E-state index in [4.69, 9.17) is 9.84 Å². The van der Waals surface area contributed by atoms with Gasteiger partial charge in [-0.05, 0) is 23.8 Å². The smallest absolute Gasteiger partial charge is 0.341 e. The zero-order valence-electron chi connectivity index (χ0n) is 13.3. The second-order valence-electron chi connectivity index (χ2n) is 5.06. The molecule has 0 fully saturated rings. The second kappa shape index (κ2) is 8.21. The van der Waals surface area contributed by atoms with Gasteiger partial charge in [-0.1, -0.05) is 24.3 Å². The van der Waals surface area contributed by atoms with E-state index in [0.717, 1.165) is 6.07 Å². The molecule has 0 aromatic heterocycles. The molecule has 0 unspecified atom stereocenters. The molecule has 0 saturated heterocycles. The molecule has 0 aliphatic carbocycles. The van der Waals surface area contributed by atoms with Crippen LogP contribution in [0.2, 0.25) is 0 Å². The Kier molecular flexibility index (Phi) is 5.79. The number of aliphatic carboxylic acids is 1. The predicted molar refractivity (Wildman–Crippen MR) is 90.6 cm³/mol. The van der Waals surface area contributed by atoms with Gasteiger partial charge in [0.2, 0.25) is 5.78 Å². The fourth-order valence-corrected chi connectivity index (χ4v) is 2.04. The zero-order chi connectivity index (χ0) is 19.1. The number of nitriles is 1. The first-order chi connectivity index (χ1) is 12.4. The number of allylic oxidation sites excluding steroid dienone is 1. The van der Waals surface area contributed by atoms with E-state index >= 15 is 0 Å². The van der Waals surface area contributed by atoms with Gasteiger partial charge in [-0.25, -0.2) is 4.79 Å². The highest BCUT2D eigenvalue weighted by Gasteiger charge is 2.15. The van der Waals surface area contributed by atoms with Crippen LogP contribution in [0.15, 0.2) is 54.1 Å². The van der Waals surface area contributed by atoms with Crippen LogP contribution in [0.25, 0.3) is 6.08 Å². The summed E-state index contributed by atoms with van der Waals surface area (Å²) in [5.74, 6) is -1.42. The molecule has 1 N–H and O–H groups in total. The van der Waals surface area contributed by atoms with Crippen molar-refractivity contribution in [3.05, 3.63) is 75.3 Å². The number of carbonyl (C=O) groups is 2. The predicted octanol–water partition coefficient (Wildman–Crippen LogP) is 2.85. The van der Waals surface area contributed by atoms with E-state index in [9.17, 15) is 25.0 Å². The van der Waals surface area contributed by atoms with Crippen LogP contribution in [0.3, 0.4) is 0 Å². The summed E-state index contributed by atoms with van der Waals surface area (Å²) in [5.41, 5.74) is 0.120. The molecule has 0 aliphatic rings. The van der Waals surface area contributed by atoms with Crippen LogP contribution >= 0.6 is 0 Å². The van der Waals surface area contributed by atoms with Gasteiger partial charge in [0.15, 0.2) is 6.61 Å². The Balaban J connectivity index is 2.23. The van der Waals surface area contributed by atoms with Crippen molar-refractivity contribution >= 4 is 23.5 Å². The maximum Gasteiger partial charge on any atom is 0.341 e. The lowest BCUT2D eigenvalue weighted by Crippen LogP contribution is -2.09. The summed E-state index contributed by atoms with van der Waals surface area (Å²) in [5, 5.41) is 28.6. The summed E-state index contributed by atoms with van der Waals surface area (Å²) in [4.78, 5) is 33.0. The highest BCUT2D eigenvalue weighted by Crippen LogP contribution is 2.19. The van der Waals surface area contributed by atoms with Crippen molar-refractivity contribution in [3.63, 3.8) is 0 Å². The number of rotatable bonds is 7. The van der Waals surface area contributed by atoms with Gasteiger partial charge >= 0.3 is 5.97 Å². The van der Waals surface area contributed by atoms with Gasteiger partial charge in [0, 0.05) is 17.7 Å². The number of carbonyl (C=O) groups excluding carboxylic acids is 1. The minimum absolute atomic E-state index is 0.0356. The van der Waals surface area contributed by atoms with E-state index in [1.807, 2.05) is 0 Å². The largest absolute Gasteiger partial charge is 0.482 e. The molecule has 2 aromatic carbocycles. The van der Waals surface area contributed by atoms with Gasteiger partial charge in [-0.2, -0.15) is 5.26 Å². The van der Waals surface area contributed by atoms with Gasteiger partial charge in [-0.15, -0.1) is 0 Å². The van der Waals surface area contributed by atoms with Crippen LogP contribution in [0, 0.1) is 21.4 Å². The molecule has 0 aliphatic heterocycles. The minimum atomic E-state index is -1.11. The Hall–Kier alpha value is -3.99. The molecule has 0 spiro atoms. The average Bonchev–Trinajstić information content (AvgIpc) is 2.64. The van der Waals surface area contributed by atoms with E-state index < -0.39 is 23.3 Å². The van der Waals surface area contributed by atoms with Crippen LogP contribution < -0.4 is 4.74 Å². The number of nitro groups is 1. The zero-order valence-corrected chi connectivity index (χ0v) is 13.3. The molecule has 0 bridgehead atoms. The maximum absolute atomic E-state index is 12.4. The lowest BCUT2D eigenvalue weighted by molar-refractivity contribution is -0.384. The summed E-state index contributed by atoms with van der Waals surface area (Å²) in [6.07, 6.45) is 1.34. The van der Waals surface area contributed by atoms with Crippen molar-refractivity contribution in [3.8, 4) is 11.8 Å². The lowest BCUT2D eigenvalue weighted by atomic mass is 10.0. The van der Waals surface area contributed by atoms with Crippen LogP contribution in [-0.2, 0) is 4.79 Å². The van der Waals surface area contributed by atoms with Crippen molar-refractivity contribution in [1.29, 1.82) is 5.26 Å². The molecule has 130 valence electrons. The molecule has 0 heterocycles. The van der Waals surface area contributed by atoms with Crippen LogP contribution in [0.4, 0.5) is 5.69 Å². The highest BCUT2D eigenvalue weighted by molar-refractivity contribution is 6.14. The van der Waals surface area contributed by atoms with Crippen LogP contribution in [0.1, 0.15) is 15.9 Å². The lowest BCUT2D eigenvalue weighted by Gasteiger charge is -2.04. The number of non-ortho nitro benzene ring substituents is 1. The molecule has 26 heavy (non-hydrogen) atoms. The van der Waals surface area contributed by atoms with Crippen molar-refractivity contribution in [2.45, 2.75) is 0 Å². The van der Waals surface area contributed by atoms with Crippen LogP contribution in [0.5, 0.6) is 5.75 Å². The average molecular weight is 352 g/mol. The van der Waals surface area contributed by atoms with Crippen molar-refractivity contribution in [2.75, 3.05) is 6.61 Å². The number of ketones is 1. The van der Waals surface area contributed by atoms with Crippen LogP contribution in [-0.4, -0.2) is 28.4 Å². The van der Waals surface area contributed by atoms with E-state index in [1.54, 1.807) is 18.2 Å². The highest BCUT2D eigenvalue weighted by atomic mass is 16.6. The molecule has 8 heteroatoms. The first-order valence-corrected chi connectivity index (χ1v) is 7.26. The third-order valence-corrected chi connectivity index (χ3v) is 3.24. The summed E-state index contributed by atoms with van der Waals surface area (Å²) in [7, 11) is 0. The fourth-order valence-electron chi connectivity index (χ4n) is 2.04. The quantitative estimate of drug-likeness (QED) is 0.266. The van der Waals surface area contributed by atoms with Crippen molar-refractivity contribution in [1.82, 2.24) is 0 Å². The van der Waals surface area contributed by atoms with E-state index in [-0.39, 0.29) is 16.8 Å². The Morgan fingerprint density at radius 3 is 2.50 bits per heavy atom. The normalized spacial score (nSPS) is 10.7. The summed E-state index contributed by atoms with van der Waals surface area (Å²) >= 11 is 0. The van der Waals surface area contributed by atoms with Gasteiger partial charge in [0.1, 0.15) is 17.4 Å². The third-order valence-electron chi connectivity index (χ3n) is 3.24. The maximum atomic E-state index is 12.4. The Morgan fingerprint density at radius 1 is 1.23 bits per heavy atom. The summed E-state index contributed by atoms with van der Waals surface area (Å²) in [6.45, 7) is -0.482. The Bertz CT molecular complexity index is 925. The number of carboxylic acid groups (broad SMARTS) is 1. The summed E-state index contributed by atoms with van der Waals surface area (Å²) < 4.78 is 4.99. The Morgan fingerprint density at radius 2 is 1.92 bits per heavy atom. The molecule has 0 radical (unpaired) electrons. The van der Waals surface area contributed by atoms with Gasteiger partial charge in [0.05, 0.1) is 4.92 Å². The standard InChI is InChI=1S/C18H12N2O6/c19-10-14(18(23)13-2-1-3-15(9-13)20(24)25)8-12-4-6-16(7-5-12)26-11-17(21)22/h1-9H,11H2,(H,21,22)/b14-8+. The summed E-state index contributed by atoms with van der Waals surface area (Å²) in [6, 6.07) is 13.0. The SMILES string of the molecule is N#C/C(=C\c1ccc(OCC(=O)O)cc1)C(=O)c1cccc([N+](=O)[O-])c1. The molecule has 2 rings (SSSR count). The number of hydrogen-bond donors (Lipinski definition) is 1. The van der Waals surface area contributed by atoms with Crippen molar-refractivity contribution in [2.24, 2.45) is 0 Å². The molecular formula is C18H12N2O6. The number of benzene rings is 2. The van der Waals surface area contributed by atoms with E-state index in [2.05, 4.69) is 0 Å². The van der Waals surface area contributed by atoms with E-state index in [0.29, 0.717) is 11.3 Å². The Labute approximate surface area is 147 Å². The fraction of sp³-hybridized carbons (Fsp3) is 0.0556.